The number of benzene rings is 1. The number of hydrogen-bond acceptors (Lipinski definition) is 4. The number of anilines is 1. The van der Waals surface area contributed by atoms with E-state index in [2.05, 4.69) is 10.4 Å². The zero-order valence-corrected chi connectivity index (χ0v) is 10.4. The molecule has 1 N–H and O–H groups in total. The standard InChI is InChI=1S/C11H11ClN4O2/c1-15-5-4-8(14-15)7-13-11-3-2-9(16(17)18)6-10(11)12/h2-6,13H,7H2,1H3. The third kappa shape index (κ3) is 2.78. The zero-order chi connectivity index (χ0) is 13.1. The SMILES string of the molecule is Cn1ccc(CNc2ccc([N+](=O)[O-])cc2Cl)n1. The minimum atomic E-state index is -0.478. The van der Waals surface area contributed by atoms with Gasteiger partial charge in [0.05, 0.1) is 27.9 Å². The second-order valence-corrected chi connectivity index (χ2v) is 4.16. The molecule has 6 nitrogen and oxygen atoms in total. The smallest absolute Gasteiger partial charge is 0.271 e. The molecule has 0 unspecified atom stereocenters. The molecule has 1 heterocycles. The van der Waals surface area contributed by atoms with Gasteiger partial charge >= 0.3 is 0 Å². The van der Waals surface area contributed by atoms with Crippen LogP contribution in [0.15, 0.2) is 30.5 Å². The first kappa shape index (κ1) is 12.4. The molecule has 0 amide bonds. The fourth-order valence-corrected chi connectivity index (χ4v) is 1.75. The molecule has 0 aliphatic rings. The molecule has 0 aliphatic carbocycles. The van der Waals surface area contributed by atoms with E-state index >= 15 is 0 Å². The minimum Gasteiger partial charge on any atom is -0.378 e. The molecule has 94 valence electrons. The molecule has 0 fully saturated rings. The van der Waals surface area contributed by atoms with Gasteiger partial charge in [0, 0.05) is 25.4 Å². The third-order valence-corrected chi connectivity index (χ3v) is 2.70. The molecule has 2 rings (SSSR count). The first-order chi connectivity index (χ1) is 8.56. The largest absolute Gasteiger partial charge is 0.378 e. The second kappa shape index (κ2) is 5.05. The van der Waals surface area contributed by atoms with E-state index in [4.69, 9.17) is 11.6 Å². The van der Waals surface area contributed by atoms with E-state index in [0.29, 0.717) is 17.3 Å². The summed E-state index contributed by atoms with van der Waals surface area (Å²) in [7, 11) is 1.84. The number of nitrogens with zero attached hydrogens (tertiary/aromatic N) is 3. The molecule has 0 bridgehead atoms. The van der Waals surface area contributed by atoms with Gasteiger partial charge < -0.3 is 5.32 Å². The van der Waals surface area contributed by atoms with Crippen molar-refractivity contribution in [2.24, 2.45) is 7.05 Å². The fraction of sp³-hybridized carbons (Fsp3) is 0.182. The Labute approximate surface area is 108 Å². The van der Waals surface area contributed by atoms with Crippen LogP contribution in [0.4, 0.5) is 11.4 Å². The molecule has 1 aromatic carbocycles. The lowest BCUT2D eigenvalue weighted by Gasteiger charge is -2.06. The van der Waals surface area contributed by atoms with E-state index in [0.717, 1.165) is 5.69 Å². The predicted molar refractivity (Wildman–Crippen MR) is 68.6 cm³/mol. The quantitative estimate of drug-likeness (QED) is 0.682. The number of rotatable bonds is 4. The lowest BCUT2D eigenvalue weighted by molar-refractivity contribution is -0.384. The summed E-state index contributed by atoms with van der Waals surface area (Å²) in [6.45, 7) is 0.512. The van der Waals surface area contributed by atoms with Crippen molar-refractivity contribution in [3.8, 4) is 0 Å². The Hall–Kier alpha value is -2.08. The van der Waals surface area contributed by atoms with Crippen LogP contribution in [0.2, 0.25) is 5.02 Å². The van der Waals surface area contributed by atoms with Gasteiger partial charge in [-0.25, -0.2) is 0 Å². The number of hydrogen-bond donors (Lipinski definition) is 1. The Morgan fingerprint density at radius 2 is 2.28 bits per heavy atom. The summed E-state index contributed by atoms with van der Waals surface area (Å²) in [6, 6.07) is 6.20. The van der Waals surface area contributed by atoms with E-state index in [1.54, 1.807) is 10.7 Å². The molecule has 0 spiro atoms. The van der Waals surface area contributed by atoms with Crippen LogP contribution < -0.4 is 5.32 Å². The van der Waals surface area contributed by atoms with Crippen molar-refractivity contribution in [3.05, 3.63) is 51.3 Å². The van der Waals surface area contributed by atoms with Gasteiger partial charge in [-0.2, -0.15) is 5.10 Å². The number of halogens is 1. The van der Waals surface area contributed by atoms with Gasteiger partial charge in [0.25, 0.3) is 5.69 Å². The number of nitrogens with one attached hydrogen (secondary N) is 1. The first-order valence-corrected chi connectivity index (χ1v) is 5.60. The van der Waals surface area contributed by atoms with Crippen LogP contribution in [0.5, 0.6) is 0 Å². The summed E-state index contributed by atoms with van der Waals surface area (Å²) in [6.07, 6.45) is 1.84. The van der Waals surface area contributed by atoms with Crippen molar-refractivity contribution in [2.45, 2.75) is 6.54 Å². The number of nitro benzene ring substituents is 1. The third-order valence-electron chi connectivity index (χ3n) is 2.39. The maximum absolute atomic E-state index is 10.6. The Balaban J connectivity index is 2.08. The zero-order valence-electron chi connectivity index (χ0n) is 9.63. The summed E-state index contributed by atoms with van der Waals surface area (Å²) >= 11 is 5.95. The normalized spacial score (nSPS) is 10.3. The van der Waals surface area contributed by atoms with Gasteiger partial charge in [0.2, 0.25) is 0 Å². The number of non-ortho nitro benzene ring substituents is 1. The predicted octanol–water partition coefficient (Wildman–Crippen LogP) is 2.59. The van der Waals surface area contributed by atoms with E-state index in [1.807, 2.05) is 19.3 Å². The fourth-order valence-electron chi connectivity index (χ4n) is 1.50. The summed E-state index contributed by atoms with van der Waals surface area (Å²) < 4.78 is 1.70. The summed E-state index contributed by atoms with van der Waals surface area (Å²) in [5, 5.41) is 18.2. The van der Waals surface area contributed by atoms with Crippen molar-refractivity contribution in [1.29, 1.82) is 0 Å². The Bertz CT molecular complexity index is 582. The average Bonchev–Trinajstić information content (AvgIpc) is 2.73. The van der Waals surface area contributed by atoms with E-state index in [9.17, 15) is 10.1 Å². The van der Waals surface area contributed by atoms with Gasteiger partial charge in [0.1, 0.15) is 0 Å². The molecule has 0 aliphatic heterocycles. The summed E-state index contributed by atoms with van der Waals surface area (Å²) in [5.41, 5.74) is 1.49. The van der Waals surface area contributed by atoms with Crippen molar-refractivity contribution < 1.29 is 4.92 Å². The highest BCUT2D eigenvalue weighted by molar-refractivity contribution is 6.33. The van der Waals surface area contributed by atoms with E-state index < -0.39 is 4.92 Å². The van der Waals surface area contributed by atoms with Crippen LogP contribution in [-0.2, 0) is 13.6 Å². The second-order valence-electron chi connectivity index (χ2n) is 3.76. The Kier molecular flexibility index (Phi) is 3.47. The van der Waals surface area contributed by atoms with Crippen LogP contribution in [0, 0.1) is 10.1 Å². The van der Waals surface area contributed by atoms with Gasteiger partial charge in [-0.1, -0.05) is 11.6 Å². The minimum absolute atomic E-state index is 0.0246. The Morgan fingerprint density at radius 3 is 2.83 bits per heavy atom. The molecule has 0 radical (unpaired) electrons. The monoisotopic (exact) mass is 266 g/mol. The van der Waals surface area contributed by atoms with Crippen molar-refractivity contribution in [2.75, 3.05) is 5.32 Å². The Morgan fingerprint density at radius 1 is 1.50 bits per heavy atom. The van der Waals surface area contributed by atoms with Crippen LogP contribution in [0.1, 0.15) is 5.69 Å². The number of aryl methyl sites for hydroxylation is 1. The van der Waals surface area contributed by atoms with Gasteiger partial charge in [-0.15, -0.1) is 0 Å². The van der Waals surface area contributed by atoms with Crippen LogP contribution >= 0.6 is 11.6 Å². The van der Waals surface area contributed by atoms with Crippen LogP contribution in [0.25, 0.3) is 0 Å². The molecule has 0 atom stereocenters. The molecule has 2 aromatic rings. The van der Waals surface area contributed by atoms with E-state index in [-0.39, 0.29) is 5.69 Å². The highest BCUT2D eigenvalue weighted by Crippen LogP contribution is 2.26. The maximum atomic E-state index is 10.6. The molecule has 18 heavy (non-hydrogen) atoms. The summed E-state index contributed by atoms with van der Waals surface area (Å²) in [4.78, 5) is 10.1. The molecule has 7 heteroatoms. The number of nitro groups is 1. The number of aromatic nitrogens is 2. The topological polar surface area (TPSA) is 73.0 Å². The first-order valence-electron chi connectivity index (χ1n) is 5.22. The van der Waals surface area contributed by atoms with Gasteiger partial charge in [-0.3, -0.25) is 14.8 Å². The lowest BCUT2D eigenvalue weighted by atomic mass is 10.2. The highest BCUT2D eigenvalue weighted by Gasteiger charge is 2.09. The lowest BCUT2D eigenvalue weighted by Crippen LogP contribution is -2.02. The van der Waals surface area contributed by atoms with E-state index in [1.165, 1.54) is 12.1 Å². The van der Waals surface area contributed by atoms with Crippen LogP contribution in [-0.4, -0.2) is 14.7 Å². The molecular weight excluding hydrogens is 256 g/mol. The average molecular weight is 267 g/mol. The molecular formula is C11H11ClN4O2. The summed E-state index contributed by atoms with van der Waals surface area (Å²) in [5.74, 6) is 0. The van der Waals surface area contributed by atoms with Gasteiger partial charge in [-0.05, 0) is 12.1 Å². The van der Waals surface area contributed by atoms with Crippen LogP contribution in [0.3, 0.4) is 0 Å². The van der Waals surface area contributed by atoms with Crippen molar-refractivity contribution in [3.63, 3.8) is 0 Å². The van der Waals surface area contributed by atoms with Crippen molar-refractivity contribution >= 4 is 23.0 Å². The van der Waals surface area contributed by atoms with Gasteiger partial charge in [0.15, 0.2) is 0 Å². The maximum Gasteiger partial charge on any atom is 0.271 e. The molecule has 0 saturated heterocycles. The van der Waals surface area contributed by atoms with Crippen molar-refractivity contribution in [1.82, 2.24) is 9.78 Å². The molecule has 1 aromatic heterocycles. The highest BCUT2D eigenvalue weighted by atomic mass is 35.5. The molecule has 0 saturated carbocycles.